The molecular formula is C10H14N4O2. The molecule has 2 N–H and O–H groups in total. The van der Waals surface area contributed by atoms with Crippen LogP contribution in [-0.4, -0.2) is 35.6 Å². The smallest absolute Gasteiger partial charge is 0.413 e. The summed E-state index contributed by atoms with van der Waals surface area (Å²) in [4.78, 5) is 11.2. The summed E-state index contributed by atoms with van der Waals surface area (Å²) in [5.74, 6) is 0.501. The molecule has 0 saturated carbocycles. The molecule has 0 bridgehead atoms. The molecule has 1 aromatic heterocycles. The van der Waals surface area contributed by atoms with Crippen molar-refractivity contribution in [2.75, 3.05) is 25.0 Å². The Morgan fingerprint density at radius 1 is 1.81 bits per heavy atom. The molecule has 6 nitrogen and oxygen atoms in total. The van der Waals surface area contributed by atoms with Gasteiger partial charge in [-0.3, -0.25) is 10.00 Å². The van der Waals surface area contributed by atoms with Gasteiger partial charge in [0, 0.05) is 25.4 Å². The lowest BCUT2D eigenvalue weighted by atomic mass is 10.2. The zero-order valence-electron chi connectivity index (χ0n) is 8.85. The van der Waals surface area contributed by atoms with Crippen molar-refractivity contribution in [3.8, 4) is 0 Å². The number of amides is 1. The number of carbonyl (C=O) groups excluding carboxylic acids is 1. The maximum atomic E-state index is 11.2. The van der Waals surface area contributed by atoms with Gasteiger partial charge in [-0.05, 0) is 0 Å². The second kappa shape index (κ2) is 4.80. The first kappa shape index (κ1) is 10.7. The van der Waals surface area contributed by atoms with E-state index in [4.69, 9.17) is 4.74 Å². The minimum atomic E-state index is -0.517. The minimum absolute atomic E-state index is 0.194. The summed E-state index contributed by atoms with van der Waals surface area (Å²) in [5, 5.41) is 9.91. The molecule has 6 heteroatoms. The van der Waals surface area contributed by atoms with Gasteiger partial charge in [0.2, 0.25) is 0 Å². The molecule has 0 atom stereocenters. The third kappa shape index (κ3) is 2.40. The monoisotopic (exact) mass is 222 g/mol. The molecule has 1 aliphatic rings. The first-order valence-electron chi connectivity index (χ1n) is 5.10. The van der Waals surface area contributed by atoms with Crippen molar-refractivity contribution in [1.29, 1.82) is 0 Å². The fraction of sp³-hybridized carbons (Fsp3) is 0.400. The molecule has 1 amide bonds. The van der Waals surface area contributed by atoms with Gasteiger partial charge in [-0.15, -0.1) is 0 Å². The van der Waals surface area contributed by atoms with E-state index in [0.717, 1.165) is 13.1 Å². The average molecular weight is 222 g/mol. The molecule has 0 radical (unpaired) electrons. The Kier molecular flexibility index (Phi) is 3.21. The molecule has 2 heterocycles. The summed E-state index contributed by atoms with van der Waals surface area (Å²) in [5.41, 5.74) is 0. The number of hydrogen-bond acceptors (Lipinski definition) is 4. The number of anilines is 1. The third-order valence-electron chi connectivity index (χ3n) is 2.30. The number of nitrogens with zero attached hydrogens (tertiary/aromatic N) is 2. The first-order valence-corrected chi connectivity index (χ1v) is 5.10. The fourth-order valence-corrected chi connectivity index (χ4v) is 1.34. The van der Waals surface area contributed by atoms with Crippen LogP contribution in [0.15, 0.2) is 24.9 Å². The van der Waals surface area contributed by atoms with Crippen molar-refractivity contribution in [3.63, 3.8) is 0 Å². The molecule has 1 aliphatic heterocycles. The lowest BCUT2D eigenvalue weighted by Crippen LogP contribution is -2.43. The van der Waals surface area contributed by atoms with E-state index in [0.29, 0.717) is 11.9 Å². The standard InChI is InChI=1S/C10H14N4O2/c1-2-5-16-10(15)12-9-3-4-14(13-9)8-6-11-7-8/h2-4,8,11H,1,5-7H2,(H,12,13,15). The van der Waals surface area contributed by atoms with Crippen molar-refractivity contribution < 1.29 is 9.53 Å². The number of rotatable bonds is 4. The lowest BCUT2D eigenvalue weighted by Gasteiger charge is -2.27. The van der Waals surface area contributed by atoms with Crippen LogP contribution in [-0.2, 0) is 4.74 Å². The number of aromatic nitrogens is 2. The molecule has 0 aromatic carbocycles. The zero-order chi connectivity index (χ0) is 11.4. The normalized spacial score (nSPS) is 15.2. The molecule has 1 saturated heterocycles. The average Bonchev–Trinajstić information content (AvgIpc) is 2.60. The molecule has 0 aliphatic carbocycles. The molecule has 0 unspecified atom stereocenters. The predicted molar refractivity (Wildman–Crippen MR) is 59.3 cm³/mol. The van der Waals surface area contributed by atoms with Crippen molar-refractivity contribution in [2.45, 2.75) is 6.04 Å². The van der Waals surface area contributed by atoms with Crippen LogP contribution in [0, 0.1) is 0 Å². The molecule has 1 fully saturated rings. The topological polar surface area (TPSA) is 68.2 Å². The van der Waals surface area contributed by atoms with Crippen LogP contribution in [0.5, 0.6) is 0 Å². The molecule has 0 spiro atoms. The highest BCUT2D eigenvalue weighted by Crippen LogP contribution is 2.12. The maximum Gasteiger partial charge on any atom is 0.413 e. The van der Waals surface area contributed by atoms with Gasteiger partial charge in [0.25, 0.3) is 0 Å². The summed E-state index contributed by atoms with van der Waals surface area (Å²) in [6, 6.07) is 2.13. The van der Waals surface area contributed by atoms with Gasteiger partial charge in [0.1, 0.15) is 6.61 Å². The van der Waals surface area contributed by atoms with E-state index >= 15 is 0 Å². The zero-order valence-corrected chi connectivity index (χ0v) is 8.85. The summed E-state index contributed by atoms with van der Waals surface area (Å²) < 4.78 is 6.61. The number of hydrogen-bond donors (Lipinski definition) is 2. The molecular weight excluding hydrogens is 208 g/mol. The second-order valence-electron chi connectivity index (χ2n) is 3.51. The van der Waals surface area contributed by atoms with Gasteiger partial charge in [-0.25, -0.2) is 4.79 Å². The highest BCUT2D eigenvalue weighted by Gasteiger charge is 2.19. The van der Waals surface area contributed by atoms with E-state index in [1.165, 1.54) is 6.08 Å². The second-order valence-corrected chi connectivity index (χ2v) is 3.51. The van der Waals surface area contributed by atoms with Gasteiger partial charge < -0.3 is 10.1 Å². The van der Waals surface area contributed by atoms with Crippen LogP contribution < -0.4 is 10.6 Å². The number of ether oxygens (including phenoxy) is 1. The van der Waals surface area contributed by atoms with Crippen molar-refractivity contribution >= 4 is 11.9 Å². The first-order chi connectivity index (χ1) is 7.79. The van der Waals surface area contributed by atoms with Crippen LogP contribution in [0.4, 0.5) is 10.6 Å². The van der Waals surface area contributed by atoms with Crippen LogP contribution in [0.2, 0.25) is 0 Å². The Morgan fingerprint density at radius 3 is 3.25 bits per heavy atom. The fourth-order valence-electron chi connectivity index (χ4n) is 1.34. The minimum Gasteiger partial charge on any atom is -0.445 e. The maximum absolute atomic E-state index is 11.2. The Balaban J connectivity index is 1.86. The van der Waals surface area contributed by atoms with E-state index in [9.17, 15) is 4.79 Å². The van der Waals surface area contributed by atoms with E-state index < -0.39 is 6.09 Å². The molecule has 1 aromatic rings. The highest BCUT2D eigenvalue weighted by molar-refractivity contribution is 5.83. The molecule has 2 rings (SSSR count). The van der Waals surface area contributed by atoms with Crippen LogP contribution in [0.1, 0.15) is 6.04 Å². The van der Waals surface area contributed by atoms with E-state index in [2.05, 4.69) is 22.3 Å². The summed E-state index contributed by atoms with van der Waals surface area (Å²) in [6.45, 7) is 5.48. The Bertz CT molecular complexity index is 384. The van der Waals surface area contributed by atoms with Crippen LogP contribution in [0.25, 0.3) is 0 Å². The van der Waals surface area contributed by atoms with E-state index in [-0.39, 0.29) is 6.61 Å². The van der Waals surface area contributed by atoms with Crippen LogP contribution >= 0.6 is 0 Å². The van der Waals surface area contributed by atoms with Crippen molar-refractivity contribution in [1.82, 2.24) is 15.1 Å². The van der Waals surface area contributed by atoms with E-state index in [1.54, 1.807) is 6.07 Å². The van der Waals surface area contributed by atoms with Gasteiger partial charge in [-0.1, -0.05) is 12.7 Å². The van der Waals surface area contributed by atoms with Gasteiger partial charge in [0.15, 0.2) is 5.82 Å². The molecule has 16 heavy (non-hydrogen) atoms. The quantitative estimate of drug-likeness (QED) is 0.738. The van der Waals surface area contributed by atoms with Crippen molar-refractivity contribution in [3.05, 3.63) is 24.9 Å². The third-order valence-corrected chi connectivity index (χ3v) is 2.30. The summed E-state index contributed by atoms with van der Waals surface area (Å²) >= 11 is 0. The van der Waals surface area contributed by atoms with Gasteiger partial charge in [0.05, 0.1) is 6.04 Å². The molecule has 86 valence electrons. The summed E-state index contributed by atoms with van der Waals surface area (Å²) in [6.07, 6.45) is 2.84. The summed E-state index contributed by atoms with van der Waals surface area (Å²) in [7, 11) is 0. The number of carbonyl (C=O) groups is 1. The Labute approximate surface area is 93.3 Å². The Morgan fingerprint density at radius 2 is 2.62 bits per heavy atom. The highest BCUT2D eigenvalue weighted by atomic mass is 16.5. The largest absolute Gasteiger partial charge is 0.445 e. The van der Waals surface area contributed by atoms with Crippen molar-refractivity contribution in [2.24, 2.45) is 0 Å². The predicted octanol–water partition coefficient (Wildman–Crippen LogP) is 0.762. The van der Waals surface area contributed by atoms with Gasteiger partial charge >= 0.3 is 6.09 Å². The Hall–Kier alpha value is -1.82. The number of nitrogens with one attached hydrogen (secondary N) is 2. The van der Waals surface area contributed by atoms with Gasteiger partial charge in [-0.2, -0.15) is 5.10 Å². The van der Waals surface area contributed by atoms with Crippen LogP contribution in [0.3, 0.4) is 0 Å². The SMILES string of the molecule is C=CCOC(=O)Nc1ccn(C2CNC2)n1. The van der Waals surface area contributed by atoms with E-state index in [1.807, 2.05) is 10.9 Å². The lowest BCUT2D eigenvalue weighted by molar-refractivity contribution is 0.174.